The molecule has 0 fully saturated rings. The summed E-state index contributed by atoms with van der Waals surface area (Å²) < 4.78 is 27.9. The third kappa shape index (κ3) is 5.30. The number of sulfonamides is 1. The van der Waals surface area contributed by atoms with Crippen LogP contribution in [0.2, 0.25) is 0 Å². The van der Waals surface area contributed by atoms with Crippen molar-refractivity contribution < 1.29 is 18.0 Å². The average molecular weight is 548 g/mol. The van der Waals surface area contributed by atoms with Gasteiger partial charge in [-0.15, -0.1) is 23.1 Å². The molecule has 3 heterocycles. The van der Waals surface area contributed by atoms with E-state index in [1.807, 2.05) is 25.1 Å². The first-order valence-electron chi connectivity index (χ1n) is 11.5. The summed E-state index contributed by atoms with van der Waals surface area (Å²) in [5.41, 5.74) is 2.06. The number of hydrogen-bond acceptors (Lipinski definition) is 7. The Balaban J connectivity index is 1.54. The van der Waals surface area contributed by atoms with Gasteiger partial charge in [-0.05, 0) is 25.5 Å². The molecule has 0 spiro atoms. The lowest BCUT2D eigenvalue weighted by Gasteiger charge is -2.22. The molecule has 1 aliphatic heterocycles. The predicted octanol–water partition coefficient (Wildman–Crippen LogP) is 3.86. The van der Waals surface area contributed by atoms with Gasteiger partial charge in [-0.3, -0.25) is 13.9 Å². The van der Waals surface area contributed by atoms with E-state index in [1.54, 1.807) is 37.3 Å². The number of nitrogens with one attached hydrogen (secondary N) is 1. The van der Waals surface area contributed by atoms with Gasteiger partial charge in [0.05, 0.1) is 30.0 Å². The molecule has 0 bridgehead atoms. The standard InChI is InChI=1S/C24H29N5O4S3/c1-5-29(16(2)30)15-21(31)27(3)14-18-13-25-24(35-18)19-12-17-8-6-9-20(23(17)26-19)28(4)36(32,33)22-10-7-11-34-22/h6,8-10,12-13,26H,5,7,11,14-15H2,1-4H3. The van der Waals surface area contributed by atoms with E-state index < -0.39 is 10.0 Å². The monoisotopic (exact) mass is 547 g/mol. The van der Waals surface area contributed by atoms with Gasteiger partial charge in [0.15, 0.2) is 0 Å². The van der Waals surface area contributed by atoms with Crippen LogP contribution in [-0.2, 0) is 26.2 Å². The summed E-state index contributed by atoms with van der Waals surface area (Å²) >= 11 is 2.82. The highest BCUT2D eigenvalue weighted by molar-refractivity contribution is 8.19. The molecule has 0 unspecified atom stereocenters. The van der Waals surface area contributed by atoms with Crippen LogP contribution in [0.15, 0.2) is 40.8 Å². The van der Waals surface area contributed by atoms with Crippen LogP contribution in [-0.4, -0.2) is 72.9 Å². The van der Waals surface area contributed by atoms with Gasteiger partial charge in [0.2, 0.25) is 11.8 Å². The molecule has 192 valence electrons. The molecule has 1 aliphatic rings. The van der Waals surface area contributed by atoms with E-state index in [9.17, 15) is 18.0 Å². The zero-order valence-corrected chi connectivity index (χ0v) is 23.1. The van der Waals surface area contributed by atoms with Gasteiger partial charge in [0.1, 0.15) is 9.24 Å². The fraction of sp³-hybridized carbons (Fsp3) is 0.375. The number of fused-ring (bicyclic) bond motifs is 1. The Morgan fingerprint density at radius 3 is 2.67 bits per heavy atom. The van der Waals surface area contributed by atoms with Crippen LogP contribution >= 0.6 is 23.1 Å². The molecular weight excluding hydrogens is 518 g/mol. The Bertz CT molecular complexity index is 1430. The number of amides is 2. The second-order valence-electron chi connectivity index (χ2n) is 8.47. The second kappa shape index (κ2) is 10.7. The highest BCUT2D eigenvalue weighted by atomic mass is 32.3. The molecule has 12 heteroatoms. The van der Waals surface area contributed by atoms with Gasteiger partial charge in [-0.2, -0.15) is 0 Å². The van der Waals surface area contributed by atoms with Crippen LogP contribution in [0.4, 0.5) is 5.69 Å². The van der Waals surface area contributed by atoms with Crippen LogP contribution in [0.25, 0.3) is 21.6 Å². The van der Waals surface area contributed by atoms with E-state index in [2.05, 4.69) is 9.97 Å². The van der Waals surface area contributed by atoms with Crippen LogP contribution in [0.1, 0.15) is 25.1 Å². The maximum absolute atomic E-state index is 13.1. The van der Waals surface area contributed by atoms with Crippen molar-refractivity contribution in [3.8, 4) is 10.7 Å². The third-order valence-corrected chi connectivity index (χ3v) is 10.5. The lowest BCUT2D eigenvalue weighted by molar-refractivity contribution is -0.138. The smallest absolute Gasteiger partial charge is 0.269 e. The number of H-pyrrole nitrogens is 1. The molecule has 2 aromatic heterocycles. The number of para-hydroxylation sites is 1. The topological polar surface area (TPSA) is 107 Å². The van der Waals surface area contributed by atoms with Gasteiger partial charge in [-0.25, -0.2) is 13.4 Å². The molecule has 1 N–H and O–H groups in total. The van der Waals surface area contributed by atoms with E-state index in [0.717, 1.165) is 38.7 Å². The van der Waals surface area contributed by atoms with E-state index in [-0.39, 0.29) is 18.4 Å². The fourth-order valence-electron chi connectivity index (χ4n) is 3.91. The van der Waals surface area contributed by atoms with Gasteiger partial charge in [-0.1, -0.05) is 18.2 Å². The normalized spacial score (nSPS) is 13.6. The lowest BCUT2D eigenvalue weighted by Crippen LogP contribution is -2.40. The van der Waals surface area contributed by atoms with Gasteiger partial charge in [0.25, 0.3) is 10.0 Å². The summed E-state index contributed by atoms with van der Waals surface area (Å²) in [5, 5.41) is 1.62. The number of thiazole rings is 1. The zero-order valence-electron chi connectivity index (χ0n) is 20.6. The number of carbonyl (C=O) groups is 2. The fourth-order valence-corrected chi connectivity index (χ4v) is 7.71. The van der Waals surface area contributed by atoms with E-state index in [1.165, 1.54) is 39.2 Å². The first-order chi connectivity index (χ1) is 17.1. The Morgan fingerprint density at radius 1 is 1.22 bits per heavy atom. The lowest BCUT2D eigenvalue weighted by atomic mass is 10.2. The van der Waals surface area contributed by atoms with Crippen molar-refractivity contribution in [2.24, 2.45) is 0 Å². The number of aromatic amines is 1. The Hall–Kier alpha value is -2.83. The average Bonchev–Trinajstić information content (AvgIpc) is 3.61. The Labute approximate surface area is 219 Å². The number of rotatable bonds is 9. The van der Waals surface area contributed by atoms with Crippen LogP contribution < -0.4 is 4.31 Å². The largest absolute Gasteiger partial charge is 0.351 e. The molecule has 0 atom stereocenters. The number of hydrogen-bond donors (Lipinski definition) is 1. The van der Waals surface area contributed by atoms with Gasteiger partial charge in [0, 0.05) is 49.8 Å². The van der Waals surface area contributed by atoms with Crippen LogP contribution in [0, 0.1) is 0 Å². The summed E-state index contributed by atoms with van der Waals surface area (Å²) in [4.78, 5) is 36.0. The minimum atomic E-state index is -3.61. The molecular formula is C24H29N5O4S3. The molecule has 3 aromatic rings. The second-order valence-corrected chi connectivity index (χ2v) is 12.9. The van der Waals surface area contributed by atoms with Crippen LogP contribution in [0.3, 0.4) is 0 Å². The molecule has 2 amide bonds. The molecule has 1 aromatic carbocycles. The van der Waals surface area contributed by atoms with Crippen molar-refractivity contribution >= 4 is 61.5 Å². The number of allylic oxidation sites excluding steroid dienone is 1. The molecule has 0 saturated carbocycles. The van der Waals surface area contributed by atoms with Crippen molar-refractivity contribution in [3.05, 3.63) is 45.7 Å². The van der Waals surface area contributed by atoms with Crippen molar-refractivity contribution in [2.75, 3.05) is 37.2 Å². The summed E-state index contributed by atoms with van der Waals surface area (Å²) in [6.07, 6.45) is 4.26. The van der Waals surface area contributed by atoms with Crippen molar-refractivity contribution in [3.63, 3.8) is 0 Å². The van der Waals surface area contributed by atoms with Crippen LogP contribution in [0.5, 0.6) is 0 Å². The highest BCUT2D eigenvalue weighted by Crippen LogP contribution is 2.37. The quantitative estimate of drug-likeness (QED) is 0.436. The molecule has 9 nitrogen and oxygen atoms in total. The SMILES string of the molecule is CCN(CC(=O)N(C)Cc1cnc(-c2cc3cccc(N(C)S(=O)(=O)C4=CCCS4)c3[nH]2)s1)C(C)=O. The maximum atomic E-state index is 13.1. The number of aromatic nitrogens is 2. The maximum Gasteiger partial charge on any atom is 0.269 e. The van der Waals surface area contributed by atoms with Gasteiger partial charge < -0.3 is 14.8 Å². The predicted molar refractivity (Wildman–Crippen MR) is 146 cm³/mol. The molecule has 0 saturated heterocycles. The number of benzene rings is 1. The number of anilines is 1. The Morgan fingerprint density at radius 2 is 2.00 bits per heavy atom. The zero-order chi connectivity index (χ0) is 26.0. The van der Waals surface area contributed by atoms with Crippen molar-refractivity contribution in [2.45, 2.75) is 26.8 Å². The van der Waals surface area contributed by atoms with Crippen molar-refractivity contribution in [1.29, 1.82) is 0 Å². The summed E-state index contributed by atoms with van der Waals surface area (Å²) in [6, 6.07) is 7.51. The van der Waals surface area contributed by atoms with E-state index in [4.69, 9.17) is 0 Å². The number of carbonyl (C=O) groups excluding carboxylic acids is 2. The van der Waals surface area contributed by atoms with E-state index >= 15 is 0 Å². The summed E-state index contributed by atoms with van der Waals surface area (Å²) in [7, 11) is -0.328. The third-order valence-electron chi connectivity index (χ3n) is 6.02. The minimum Gasteiger partial charge on any atom is -0.351 e. The first-order valence-corrected chi connectivity index (χ1v) is 14.7. The Kier molecular flexibility index (Phi) is 7.76. The molecule has 4 rings (SSSR count). The molecule has 0 radical (unpaired) electrons. The summed E-state index contributed by atoms with van der Waals surface area (Å²) in [5.74, 6) is 0.506. The van der Waals surface area contributed by atoms with Crippen molar-refractivity contribution in [1.82, 2.24) is 19.8 Å². The highest BCUT2D eigenvalue weighted by Gasteiger charge is 2.28. The number of likely N-dealkylation sites (N-methyl/N-ethyl adjacent to an activating group) is 2. The number of thioether (sulfide) groups is 1. The van der Waals surface area contributed by atoms with Gasteiger partial charge >= 0.3 is 0 Å². The first kappa shape index (κ1) is 26.2. The van der Waals surface area contributed by atoms with E-state index in [0.29, 0.717) is 23.0 Å². The molecule has 36 heavy (non-hydrogen) atoms. The number of nitrogens with zero attached hydrogens (tertiary/aromatic N) is 4. The molecule has 0 aliphatic carbocycles. The minimum absolute atomic E-state index is 0.0463. The summed E-state index contributed by atoms with van der Waals surface area (Å²) in [6.45, 7) is 4.20.